The number of hydrogen-bond donors (Lipinski definition) is 2. The van der Waals surface area contributed by atoms with Gasteiger partial charge < -0.3 is 24.3 Å². The zero-order valence-electron chi connectivity index (χ0n) is 18.9. The molecule has 2 aliphatic rings. The molecule has 4 rings (SSSR count). The van der Waals surface area contributed by atoms with Crippen molar-refractivity contribution in [2.24, 2.45) is 0 Å². The average molecular weight is 464 g/mol. The number of amides is 1. The van der Waals surface area contributed by atoms with Crippen LogP contribution < -0.4 is 25.1 Å². The van der Waals surface area contributed by atoms with Crippen LogP contribution in [0.2, 0.25) is 0 Å². The van der Waals surface area contributed by atoms with Crippen LogP contribution in [-0.2, 0) is 9.53 Å². The number of aromatic amines is 1. The Balaban J connectivity index is 1.84. The van der Waals surface area contributed by atoms with Crippen LogP contribution in [-0.4, -0.2) is 55.0 Å². The van der Waals surface area contributed by atoms with Crippen molar-refractivity contribution in [3.05, 3.63) is 33.6 Å². The normalized spacial score (nSPS) is 22.5. The number of benzene rings is 1. The molecule has 1 saturated heterocycles. The second kappa shape index (κ2) is 8.74. The second-order valence-corrected chi connectivity index (χ2v) is 9.62. The first-order valence-corrected chi connectivity index (χ1v) is 11.5. The Hall–Kier alpha value is -2.59. The number of ether oxygens (including phenoxy) is 4. The average Bonchev–Trinajstić information content (AvgIpc) is 2.97. The van der Waals surface area contributed by atoms with Gasteiger partial charge in [-0.15, -0.1) is 11.8 Å². The molecule has 2 aliphatic heterocycles. The first kappa shape index (κ1) is 22.6. The summed E-state index contributed by atoms with van der Waals surface area (Å²) in [5, 5.41) is 5.55. The van der Waals surface area contributed by atoms with Crippen molar-refractivity contribution < 1.29 is 23.7 Å². The van der Waals surface area contributed by atoms with Crippen molar-refractivity contribution >= 4 is 23.5 Å². The van der Waals surface area contributed by atoms with Gasteiger partial charge in [-0.25, -0.2) is 0 Å². The van der Waals surface area contributed by atoms with E-state index in [0.29, 0.717) is 35.2 Å². The Kier molecular flexibility index (Phi) is 6.17. The molecule has 2 atom stereocenters. The summed E-state index contributed by atoms with van der Waals surface area (Å²) in [6, 6.07) is 3.67. The third-order valence-electron chi connectivity index (χ3n) is 5.89. The Bertz CT molecular complexity index is 1050. The number of methoxy groups -OCH3 is 3. The summed E-state index contributed by atoms with van der Waals surface area (Å²) in [7, 11) is 4.64. The van der Waals surface area contributed by atoms with Gasteiger partial charge >= 0.3 is 0 Å². The molecule has 0 saturated carbocycles. The van der Waals surface area contributed by atoms with Crippen molar-refractivity contribution in [3.63, 3.8) is 0 Å². The third kappa shape index (κ3) is 4.09. The zero-order chi connectivity index (χ0) is 23.0. The maximum Gasteiger partial charge on any atom is 0.270 e. The van der Waals surface area contributed by atoms with Gasteiger partial charge in [-0.1, -0.05) is 0 Å². The van der Waals surface area contributed by atoms with E-state index < -0.39 is 5.25 Å². The van der Waals surface area contributed by atoms with Gasteiger partial charge in [0.2, 0.25) is 11.7 Å². The molecule has 174 valence electrons. The number of thioether (sulfide) groups is 1. The molecule has 2 N–H and O–H groups in total. The van der Waals surface area contributed by atoms with Crippen LogP contribution in [0, 0.1) is 0 Å². The van der Waals surface area contributed by atoms with Gasteiger partial charge in [0.15, 0.2) is 11.5 Å². The van der Waals surface area contributed by atoms with Gasteiger partial charge in [0.1, 0.15) is 5.82 Å². The highest BCUT2D eigenvalue weighted by atomic mass is 32.2. The molecule has 3 heterocycles. The molecule has 10 heteroatoms. The van der Waals surface area contributed by atoms with E-state index in [2.05, 4.69) is 10.4 Å². The van der Waals surface area contributed by atoms with E-state index in [1.807, 2.05) is 30.7 Å². The van der Waals surface area contributed by atoms with Crippen molar-refractivity contribution in [2.45, 2.75) is 43.6 Å². The standard InChI is InChI=1S/C22H29N3O6S/c1-22(2)10-13(6-7-31-22)25-20-17(21(27)24-25)19(32-11-16(26)23-20)12-8-14(28-3)18(30-5)15(9-12)29-4/h8-9,13,19H,6-7,10-11H2,1-5H3,(H,23,26)(H,24,27)/t13-,19+/m1/s1. The molecule has 0 bridgehead atoms. The Morgan fingerprint density at radius 1 is 1.12 bits per heavy atom. The van der Waals surface area contributed by atoms with Crippen LogP contribution in [0.15, 0.2) is 16.9 Å². The monoisotopic (exact) mass is 463 g/mol. The largest absolute Gasteiger partial charge is 0.493 e. The Morgan fingerprint density at radius 3 is 2.41 bits per heavy atom. The van der Waals surface area contributed by atoms with E-state index >= 15 is 0 Å². The number of carbonyl (C=O) groups excluding carboxylic acids is 1. The van der Waals surface area contributed by atoms with E-state index in [4.69, 9.17) is 18.9 Å². The number of rotatable bonds is 5. The summed E-state index contributed by atoms with van der Waals surface area (Å²) in [5.41, 5.74) is 0.770. The third-order valence-corrected chi connectivity index (χ3v) is 7.16. The number of carbonyl (C=O) groups is 1. The predicted octanol–water partition coefficient (Wildman–Crippen LogP) is 3.11. The van der Waals surface area contributed by atoms with Gasteiger partial charge in [0, 0.05) is 6.61 Å². The molecular weight excluding hydrogens is 434 g/mol. The van der Waals surface area contributed by atoms with Crippen molar-refractivity contribution in [2.75, 3.05) is 39.0 Å². The van der Waals surface area contributed by atoms with Crippen molar-refractivity contribution in [1.29, 1.82) is 0 Å². The fourth-order valence-corrected chi connectivity index (χ4v) is 5.56. The second-order valence-electron chi connectivity index (χ2n) is 8.53. The van der Waals surface area contributed by atoms with Gasteiger partial charge in [-0.3, -0.25) is 19.4 Å². The first-order valence-electron chi connectivity index (χ1n) is 10.5. The topological polar surface area (TPSA) is 104 Å². The van der Waals surface area contributed by atoms with E-state index in [1.54, 1.807) is 21.3 Å². The maximum atomic E-state index is 13.2. The number of hydrogen-bond acceptors (Lipinski definition) is 7. The Morgan fingerprint density at radius 2 is 1.81 bits per heavy atom. The lowest BCUT2D eigenvalue weighted by Crippen LogP contribution is -2.36. The molecule has 0 radical (unpaired) electrons. The summed E-state index contributed by atoms with van der Waals surface area (Å²) in [6.45, 7) is 4.66. The highest BCUT2D eigenvalue weighted by Gasteiger charge is 2.36. The molecule has 0 aliphatic carbocycles. The van der Waals surface area contributed by atoms with Crippen LogP contribution in [0.1, 0.15) is 49.1 Å². The molecule has 32 heavy (non-hydrogen) atoms. The van der Waals surface area contributed by atoms with Crippen LogP contribution in [0.4, 0.5) is 5.82 Å². The van der Waals surface area contributed by atoms with Gasteiger partial charge in [0.05, 0.1) is 49.5 Å². The quantitative estimate of drug-likeness (QED) is 0.702. The summed E-state index contributed by atoms with van der Waals surface area (Å²) in [6.07, 6.45) is 1.47. The lowest BCUT2D eigenvalue weighted by atomic mass is 9.94. The predicted molar refractivity (Wildman–Crippen MR) is 122 cm³/mol. The van der Waals surface area contributed by atoms with Crippen molar-refractivity contribution in [1.82, 2.24) is 9.78 Å². The molecule has 1 fully saturated rings. The molecule has 1 amide bonds. The zero-order valence-corrected chi connectivity index (χ0v) is 19.8. The summed E-state index contributed by atoms with van der Waals surface area (Å²) >= 11 is 1.39. The van der Waals surface area contributed by atoms with Crippen LogP contribution in [0.5, 0.6) is 17.2 Å². The molecule has 0 spiro atoms. The molecular formula is C22H29N3O6S. The minimum absolute atomic E-state index is 0.0131. The number of aromatic nitrogens is 2. The fraction of sp³-hybridized carbons (Fsp3) is 0.545. The number of anilines is 1. The van der Waals surface area contributed by atoms with E-state index in [9.17, 15) is 9.59 Å². The minimum atomic E-state index is -0.393. The minimum Gasteiger partial charge on any atom is -0.493 e. The smallest absolute Gasteiger partial charge is 0.270 e. The maximum absolute atomic E-state index is 13.2. The Labute approximate surface area is 190 Å². The van der Waals surface area contributed by atoms with Crippen LogP contribution >= 0.6 is 11.8 Å². The molecule has 0 unspecified atom stereocenters. The molecule has 1 aromatic carbocycles. The number of nitrogens with one attached hydrogen (secondary N) is 2. The van der Waals surface area contributed by atoms with E-state index in [1.165, 1.54) is 11.8 Å². The van der Waals surface area contributed by atoms with Crippen molar-refractivity contribution in [3.8, 4) is 17.2 Å². The van der Waals surface area contributed by atoms with E-state index in [-0.39, 0.29) is 28.9 Å². The summed E-state index contributed by atoms with van der Waals surface area (Å²) < 4.78 is 24.1. The lowest BCUT2D eigenvalue weighted by molar-refractivity contribution is -0.113. The van der Waals surface area contributed by atoms with Gasteiger partial charge in [-0.2, -0.15) is 0 Å². The first-order chi connectivity index (χ1) is 15.3. The van der Waals surface area contributed by atoms with Crippen LogP contribution in [0.3, 0.4) is 0 Å². The fourth-order valence-electron chi connectivity index (χ4n) is 4.45. The lowest BCUT2D eigenvalue weighted by Gasteiger charge is -2.36. The van der Waals surface area contributed by atoms with Gasteiger partial charge in [0.25, 0.3) is 5.56 Å². The molecule has 1 aromatic heterocycles. The van der Waals surface area contributed by atoms with Gasteiger partial charge in [-0.05, 0) is 44.4 Å². The highest BCUT2D eigenvalue weighted by molar-refractivity contribution is 8.00. The molecule has 9 nitrogen and oxygen atoms in total. The summed E-state index contributed by atoms with van der Waals surface area (Å²) in [4.78, 5) is 25.8. The SMILES string of the molecule is COc1cc([C@@H]2SCC(=O)Nc3c2c(=O)[nH]n3[C@@H]2CCOC(C)(C)C2)cc(OC)c1OC. The number of nitrogens with zero attached hydrogens (tertiary/aromatic N) is 1. The van der Waals surface area contributed by atoms with Crippen LogP contribution in [0.25, 0.3) is 0 Å². The molecule has 2 aromatic rings. The van der Waals surface area contributed by atoms with E-state index in [0.717, 1.165) is 18.4 Å². The number of H-pyrrole nitrogens is 1. The number of fused-ring (bicyclic) bond motifs is 1. The highest BCUT2D eigenvalue weighted by Crippen LogP contribution is 2.47. The summed E-state index contributed by atoms with van der Waals surface area (Å²) in [5.74, 6) is 2.05.